The quantitative estimate of drug-likeness (QED) is 0.405. The molecule has 2 aromatic carbocycles. The molecule has 0 atom stereocenters. The molecular formula is C27H25BrClNO6S. The molecule has 5 rings (SSSR count). The largest absolute Gasteiger partial charge is 0.490 e. The fourth-order valence-electron chi connectivity index (χ4n) is 5.17. The van der Waals surface area contributed by atoms with Crippen LogP contribution in [-0.4, -0.2) is 26.6 Å². The van der Waals surface area contributed by atoms with Gasteiger partial charge in [0.15, 0.2) is 23.1 Å². The minimum atomic E-state index is -4.19. The number of allylic oxidation sites excluding steroid dienone is 4. The van der Waals surface area contributed by atoms with E-state index in [2.05, 4.69) is 21.2 Å². The van der Waals surface area contributed by atoms with Gasteiger partial charge < -0.3 is 14.2 Å². The van der Waals surface area contributed by atoms with Crippen LogP contribution in [0.3, 0.4) is 0 Å². The Morgan fingerprint density at radius 2 is 1.57 bits per heavy atom. The van der Waals surface area contributed by atoms with Crippen molar-refractivity contribution < 1.29 is 26.9 Å². The van der Waals surface area contributed by atoms with Crippen molar-refractivity contribution in [1.82, 2.24) is 5.32 Å². The van der Waals surface area contributed by atoms with E-state index in [0.29, 0.717) is 39.0 Å². The van der Waals surface area contributed by atoms with Gasteiger partial charge in [0, 0.05) is 46.3 Å². The Morgan fingerprint density at radius 3 is 2.14 bits per heavy atom. The van der Waals surface area contributed by atoms with E-state index in [4.69, 9.17) is 20.5 Å². The van der Waals surface area contributed by atoms with Gasteiger partial charge in [-0.1, -0.05) is 11.6 Å². The Hall–Kier alpha value is -2.62. The second-order valence-corrected chi connectivity index (χ2v) is 12.0. The Labute approximate surface area is 229 Å². The molecule has 0 saturated carbocycles. The highest BCUT2D eigenvalue weighted by atomic mass is 79.9. The molecule has 1 N–H and O–H groups in total. The maximum absolute atomic E-state index is 13.1. The van der Waals surface area contributed by atoms with Gasteiger partial charge in [-0.3, -0.25) is 9.59 Å². The van der Waals surface area contributed by atoms with Gasteiger partial charge in [-0.05, 0) is 90.5 Å². The van der Waals surface area contributed by atoms with E-state index in [1.807, 2.05) is 0 Å². The number of benzene rings is 2. The van der Waals surface area contributed by atoms with Crippen molar-refractivity contribution in [1.29, 1.82) is 0 Å². The third kappa shape index (κ3) is 4.96. The summed E-state index contributed by atoms with van der Waals surface area (Å²) in [5.41, 5.74) is 3.62. The number of ether oxygens (including phenoxy) is 1. The van der Waals surface area contributed by atoms with E-state index in [9.17, 15) is 18.0 Å². The second-order valence-electron chi connectivity index (χ2n) is 9.15. The zero-order valence-corrected chi connectivity index (χ0v) is 23.3. The number of rotatable bonds is 6. The van der Waals surface area contributed by atoms with Crippen LogP contribution in [0.25, 0.3) is 0 Å². The lowest BCUT2D eigenvalue weighted by molar-refractivity contribution is -0.117. The molecule has 0 fully saturated rings. The summed E-state index contributed by atoms with van der Waals surface area (Å²) in [5, 5.41) is 3.80. The molecule has 0 saturated heterocycles. The predicted molar refractivity (Wildman–Crippen MR) is 142 cm³/mol. The molecule has 37 heavy (non-hydrogen) atoms. The van der Waals surface area contributed by atoms with Crippen LogP contribution in [-0.2, 0) is 19.7 Å². The minimum absolute atomic E-state index is 0.0113. The third-order valence-electron chi connectivity index (χ3n) is 6.75. The molecule has 0 spiro atoms. The number of carbonyl (C=O) groups excluding carboxylic acids is 2. The van der Waals surface area contributed by atoms with E-state index >= 15 is 0 Å². The monoisotopic (exact) mass is 605 g/mol. The number of ketones is 2. The van der Waals surface area contributed by atoms with Crippen molar-refractivity contribution in [2.45, 2.75) is 56.3 Å². The van der Waals surface area contributed by atoms with Crippen molar-refractivity contribution in [3.63, 3.8) is 0 Å². The molecule has 0 amide bonds. The fraction of sp³-hybridized carbons (Fsp3) is 0.333. The van der Waals surface area contributed by atoms with Gasteiger partial charge in [0.2, 0.25) is 0 Å². The minimum Gasteiger partial charge on any atom is -0.490 e. The molecule has 194 valence electrons. The summed E-state index contributed by atoms with van der Waals surface area (Å²) < 4.78 is 37.7. The number of hydrogen-bond donors (Lipinski definition) is 1. The molecule has 7 nitrogen and oxygen atoms in total. The zero-order valence-electron chi connectivity index (χ0n) is 20.1. The van der Waals surface area contributed by atoms with Gasteiger partial charge in [0.25, 0.3) is 0 Å². The fourth-order valence-corrected chi connectivity index (χ4v) is 6.90. The summed E-state index contributed by atoms with van der Waals surface area (Å²) >= 11 is 9.37. The predicted octanol–water partition coefficient (Wildman–Crippen LogP) is 5.97. The highest BCUT2D eigenvalue weighted by molar-refractivity contribution is 9.10. The molecule has 0 bridgehead atoms. The number of dihydropyridines is 1. The number of hydrogen-bond acceptors (Lipinski definition) is 7. The smallest absolute Gasteiger partial charge is 0.339 e. The summed E-state index contributed by atoms with van der Waals surface area (Å²) in [6, 6.07) is 9.05. The van der Waals surface area contributed by atoms with E-state index < -0.39 is 16.0 Å². The Bertz CT molecular complexity index is 1420. The first-order valence-corrected chi connectivity index (χ1v) is 14.7. The molecule has 10 heteroatoms. The summed E-state index contributed by atoms with van der Waals surface area (Å²) in [6.07, 6.45) is 3.85. The number of nitrogens with one attached hydrogen (secondary N) is 1. The first kappa shape index (κ1) is 26.0. The lowest BCUT2D eigenvalue weighted by Gasteiger charge is -2.37. The van der Waals surface area contributed by atoms with Crippen molar-refractivity contribution in [2.24, 2.45) is 0 Å². The molecular weight excluding hydrogens is 582 g/mol. The molecule has 1 aliphatic heterocycles. The average molecular weight is 607 g/mol. The normalized spacial score (nSPS) is 18.4. The molecule has 2 aliphatic carbocycles. The summed E-state index contributed by atoms with van der Waals surface area (Å²) in [5.74, 6) is -0.335. The lowest BCUT2D eigenvalue weighted by atomic mass is 9.71. The van der Waals surface area contributed by atoms with Gasteiger partial charge in [-0.2, -0.15) is 8.42 Å². The van der Waals surface area contributed by atoms with Gasteiger partial charge in [0.1, 0.15) is 4.90 Å². The SMILES string of the molecule is CCOc1cc(C2C3=C(CCCC3=O)NC3=C2C(=O)CCC3)cc(Br)c1OS(=O)(=O)c1ccc(Cl)cc1. The van der Waals surface area contributed by atoms with Crippen molar-refractivity contribution >= 4 is 49.2 Å². The lowest BCUT2D eigenvalue weighted by Crippen LogP contribution is -2.36. The van der Waals surface area contributed by atoms with E-state index in [-0.39, 0.29) is 34.6 Å². The highest BCUT2D eigenvalue weighted by Gasteiger charge is 2.41. The Balaban J connectivity index is 1.62. The van der Waals surface area contributed by atoms with Gasteiger partial charge in [-0.15, -0.1) is 0 Å². The Morgan fingerprint density at radius 1 is 0.973 bits per heavy atom. The van der Waals surface area contributed by atoms with Crippen LogP contribution in [0.5, 0.6) is 11.5 Å². The summed E-state index contributed by atoms with van der Waals surface area (Å²) in [6.45, 7) is 2.03. The van der Waals surface area contributed by atoms with Crippen LogP contribution in [0.4, 0.5) is 0 Å². The number of carbonyl (C=O) groups is 2. The average Bonchev–Trinajstić information content (AvgIpc) is 2.85. The molecule has 0 radical (unpaired) electrons. The second kappa shape index (κ2) is 10.3. The van der Waals surface area contributed by atoms with Crippen molar-refractivity contribution in [2.75, 3.05) is 6.61 Å². The van der Waals surface area contributed by atoms with Crippen molar-refractivity contribution in [3.05, 3.63) is 74.0 Å². The molecule has 1 heterocycles. The van der Waals surface area contributed by atoms with Crippen LogP contribution in [0.15, 0.2) is 68.3 Å². The summed E-state index contributed by atoms with van der Waals surface area (Å²) in [7, 11) is -4.19. The molecule has 2 aromatic rings. The molecule has 3 aliphatic rings. The first-order valence-electron chi connectivity index (χ1n) is 12.2. The van der Waals surface area contributed by atoms with Gasteiger partial charge >= 0.3 is 10.1 Å². The standard InChI is InChI=1S/C27H25BrClNO6S/c1-2-35-23-14-15(13-18(28)27(23)36-37(33,34)17-11-9-16(29)10-12-17)24-25-19(5-3-7-21(25)31)30-20-6-4-8-22(32)26(20)24/h9-14,24,30H,2-8H2,1H3. The number of halogens is 2. The topological polar surface area (TPSA) is 98.8 Å². The zero-order chi connectivity index (χ0) is 26.3. The third-order valence-corrected chi connectivity index (χ3v) is 8.83. The molecule has 0 aromatic heterocycles. The maximum Gasteiger partial charge on any atom is 0.339 e. The van der Waals surface area contributed by atoms with Crippen LogP contribution < -0.4 is 14.2 Å². The maximum atomic E-state index is 13.1. The van der Waals surface area contributed by atoms with Crippen molar-refractivity contribution in [3.8, 4) is 11.5 Å². The first-order chi connectivity index (χ1) is 17.7. The van der Waals surface area contributed by atoms with Gasteiger partial charge in [0.05, 0.1) is 11.1 Å². The molecule has 0 unspecified atom stereocenters. The van der Waals surface area contributed by atoms with Crippen LogP contribution in [0.2, 0.25) is 5.02 Å². The van der Waals surface area contributed by atoms with Crippen LogP contribution >= 0.6 is 27.5 Å². The summed E-state index contributed by atoms with van der Waals surface area (Å²) in [4.78, 5) is 26.2. The number of Topliss-reactive ketones (excluding diaryl/α,β-unsaturated/α-hetero) is 2. The van der Waals surface area contributed by atoms with Crippen LogP contribution in [0.1, 0.15) is 56.9 Å². The van der Waals surface area contributed by atoms with Crippen LogP contribution in [0, 0.1) is 0 Å². The van der Waals surface area contributed by atoms with E-state index in [1.165, 1.54) is 24.3 Å². The highest BCUT2D eigenvalue weighted by Crippen LogP contribution is 2.48. The van der Waals surface area contributed by atoms with E-state index in [1.54, 1.807) is 19.1 Å². The van der Waals surface area contributed by atoms with E-state index in [0.717, 1.165) is 37.1 Å². The Kier molecular flexibility index (Phi) is 7.22. The van der Waals surface area contributed by atoms with Gasteiger partial charge in [-0.25, -0.2) is 0 Å².